The van der Waals surface area contributed by atoms with Crippen LogP contribution in [0.3, 0.4) is 0 Å². The Morgan fingerprint density at radius 3 is 1.85 bits per heavy atom. The molecular formula is C20H33N3O4. The number of carbonyl (C=O) groups is 2. The molecule has 1 saturated heterocycles. The second kappa shape index (κ2) is 9.19. The number of carboxylic acids is 2. The van der Waals surface area contributed by atoms with E-state index in [9.17, 15) is 0 Å². The Balaban J connectivity index is 0.000000527. The maximum Gasteiger partial charge on any atom is 0.414 e. The van der Waals surface area contributed by atoms with Crippen molar-refractivity contribution in [3.63, 3.8) is 0 Å². The highest BCUT2D eigenvalue weighted by Gasteiger charge is 2.37. The van der Waals surface area contributed by atoms with Crippen LogP contribution in [-0.2, 0) is 16.1 Å². The van der Waals surface area contributed by atoms with Crippen molar-refractivity contribution in [2.45, 2.75) is 64.2 Å². The number of hydrogen-bond donors (Lipinski definition) is 4. The molecule has 0 aromatic heterocycles. The summed E-state index contributed by atoms with van der Waals surface area (Å²) >= 11 is 0. The zero-order valence-electron chi connectivity index (χ0n) is 17.2. The Morgan fingerprint density at radius 2 is 1.48 bits per heavy atom. The second-order valence-corrected chi connectivity index (χ2v) is 8.55. The van der Waals surface area contributed by atoms with Gasteiger partial charge in [-0.2, -0.15) is 0 Å². The summed E-state index contributed by atoms with van der Waals surface area (Å²) in [7, 11) is 4.15. The first-order valence-corrected chi connectivity index (χ1v) is 9.06. The molecule has 7 nitrogen and oxygen atoms in total. The standard InChI is InChI=1S/C18H31N3.C2H2O4/c1-17(2)11-15(12-18(3,4)20-17)19-13-14-7-9-16(10-8-14)21(5)6;3-1(4)2(5)6/h7-10,15,19-20H,11-13H2,1-6H3;(H,3,4)(H,5,6). The fourth-order valence-electron chi connectivity index (χ4n) is 3.64. The molecule has 0 bridgehead atoms. The largest absolute Gasteiger partial charge is 0.473 e. The monoisotopic (exact) mass is 379 g/mol. The number of nitrogens with one attached hydrogen (secondary N) is 2. The minimum atomic E-state index is -1.82. The first-order valence-electron chi connectivity index (χ1n) is 9.06. The van der Waals surface area contributed by atoms with Crippen LogP contribution in [-0.4, -0.2) is 53.4 Å². The average molecular weight is 380 g/mol. The molecule has 152 valence electrons. The van der Waals surface area contributed by atoms with E-state index >= 15 is 0 Å². The third-order valence-corrected chi connectivity index (χ3v) is 4.42. The molecule has 0 atom stereocenters. The van der Waals surface area contributed by atoms with Gasteiger partial charge in [0.2, 0.25) is 0 Å². The topological polar surface area (TPSA) is 102 Å². The average Bonchev–Trinajstić information content (AvgIpc) is 2.51. The smallest absolute Gasteiger partial charge is 0.414 e. The summed E-state index contributed by atoms with van der Waals surface area (Å²) in [6.45, 7) is 10.1. The van der Waals surface area contributed by atoms with Crippen LogP contribution in [0.2, 0.25) is 0 Å². The van der Waals surface area contributed by atoms with Crippen LogP contribution in [0.15, 0.2) is 24.3 Å². The molecule has 0 spiro atoms. The van der Waals surface area contributed by atoms with Gasteiger partial charge in [0.1, 0.15) is 0 Å². The lowest BCUT2D eigenvalue weighted by Gasteiger charge is -2.46. The molecule has 27 heavy (non-hydrogen) atoms. The normalized spacial score (nSPS) is 18.1. The number of benzene rings is 1. The summed E-state index contributed by atoms with van der Waals surface area (Å²) < 4.78 is 0. The summed E-state index contributed by atoms with van der Waals surface area (Å²) in [5.41, 5.74) is 3.01. The number of carboxylic acid groups (broad SMARTS) is 2. The van der Waals surface area contributed by atoms with Crippen LogP contribution in [0.5, 0.6) is 0 Å². The van der Waals surface area contributed by atoms with Crippen molar-refractivity contribution < 1.29 is 19.8 Å². The third kappa shape index (κ3) is 8.41. The van der Waals surface area contributed by atoms with Crippen LogP contribution >= 0.6 is 0 Å². The van der Waals surface area contributed by atoms with Crippen molar-refractivity contribution in [1.29, 1.82) is 0 Å². The molecule has 2 rings (SSSR count). The zero-order chi connectivity index (χ0) is 20.8. The first kappa shape index (κ1) is 22.9. The lowest BCUT2D eigenvalue weighted by Crippen LogP contribution is -2.61. The van der Waals surface area contributed by atoms with Crippen molar-refractivity contribution in [2.24, 2.45) is 0 Å². The molecule has 1 aliphatic heterocycles. The van der Waals surface area contributed by atoms with E-state index < -0.39 is 11.9 Å². The van der Waals surface area contributed by atoms with Crippen LogP contribution in [0, 0.1) is 0 Å². The van der Waals surface area contributed by atoms with Crippen molar-refractivity contribution in [3.05, 3.63) is 29.8 Å². The van der Waals surface area contributed by atoms with Gasteiger partial charge in [0, 0.05) is 43.4 Å². The molecule has 1 heterocycles. The Hall–Kier alpha value is -2.12. The molecule has 1 fully saturated rings. The minimum absolute atomic E-state index is 0.203. The fraction of sp³-hybridized carbons (Fsp3) is 0.600. The SMILES string of the molecule is CN(C)c1ccc(CNC2CC(C)(C)NC(C)(C)C2)cc1.O=C(O)C(=O)O. The number of rotatable bonds is 4. The van der Waals surface area contributed by atoms with Gasteiger partial charge < -0.3 is 25.7 Å². The number of hydrogen-bond acceptors (Lipinski definition) is 5. The number of piperidine rings is 1. The Labute approximate surface area is 161 Å². The molecular weight excluding hydrogens is 346 g/mol. The van der Waals surface area contributed by atoms with Crippen molar-refractivity contribution in [2.75, 3.05) is 19.0 Å². The van der Waals surface area contributed by atoms with Gasteiger partial charge in [-0.1, -0.05) is 12.1 Å². The van der Waals surface area contributed by atoms with Gasteiger partial charge in [-0.3, -0.25) is 0 Å². The van der Waals surface area contributed by atoms with Crippen molar-refractivity contribution >= 4 is 17.6 Å². The minimum Gasteiger partial charge on any atom is -0.473 e. The number of nitrogens with zero attached hydrogens (tertiary/aromatic N) is 1. The van der Waals surface area contributed by atoms with Gasteiger partial charge in [0.15, 0.2) is 0 Å². The fourth-order valence-corrected chi connectivity index (χ4v) is 3.64. The van der Waals surface area contributed by atoms with E-state index in [1.165, 1.54) is 24.1 Å². The highest BCUT2D eigenvalue weighted by Crippen LogP contribution is 2.28. The summed E-state index contributed by atoms with van der Waals surface area (Å²) in [4.78, 5) is 20.3. The van der Waals surface area contributed by atoms with E-state index in [4.69, 9.17) is 19.8 Å². The molecule has 0 aliphatic carbocycles. The predicted octanol–water partition coefficient (Wildman–Crippen LogP) is 2.31. The lowest BCUT2D eigenvalue weighted by atomic mass is 9.79. The highest BCUT2D eigenvalue weighted by molar-refractivity contribution is 6.27. The van der Waals surface area contributed by atoms with Crippen molar-refractivity contribution in [1.82, 2.24) is 10.6 Å². The molecule has 1 aromatic carbocycles. The van der Waals surface area contributed by atoms with E-state index in [0.717, 1.165) is 6.54 Å². The molecule has 1 aromatic rings. The maximum atomic E-state index is 9.10. The first-order chi connectivity index (χ1) is 12.3. The van der Waals surface area contributed by atoms with E-state index in [1.54, 1.807) is 0 Å². The van der Waals surface area contributed by atoms with Gasteiger partial charge in [0.25, 0.3) is 0 Å². The summed E-state index contributed by atoms with van der Waals surface area (Å²) in [5.74, 6) is -3.65. The number of anilines is 1. The van der Waals surface area contributed by atoms with Crippen LogP contribution in [0.4, 0.5) is 5.69 Å². The predicted molar refractivity (Wildman–Crippen MR) is 107 cm³/mol. The highest BCUT2D eigenvalue weighted by atomic mass is 16.4. The molecule has 7 heteroatoms. The Kier molecular flexibility index (Phi) is 7.80. The number of aliphatic carboxylic acids is 2. The van der Waals surface area contributed by atoms with Gasteiger partial charge in [-0.25, -0.2) is 9.59 Å². The van der Waals surface area contributed by atoms with Crippen LogP contribution in [0.25, 0.3) is 0 Å². The summed E-state index contributed by atoms with van der Waals surface area (Å²) in [6.07, 6.45) is 2.35. The zero-order valence-corrected chi connectivity index (χ0v) is 17.2. The van der Waals surface area contributed by atoms with Crippen molar-refractivity contribution in [3.8, 4) is 0 Å². The van der Waals surface area contributed by atoms with Crippen LogP contribution < -0.4 is 15.5 Å². The quantitative estimate of drug-likeness (QED) is 0.596. The summed E-state index contributed by atoms with van der Waals surface area (Å²) in [5, 5.41) is 22.3. The molecule has 0 saturated carbocycles. The second-order valence-electron chi connectivity index (χ2n) is 8.55. The molecule has 4 N–H and O–H groups in total. The van der Waals surface area contributed by atoms with Gasteiger partial charge in [0.05, 0.1) is 0 Å². The Morgan fingerprint density at radius 1 is 1.04 bits per heavy atom. The Bertz CT molecular complexity index is 611. The van der Waals surface area contributed by atoms with Gasteiger partial charge in [-0.15, -0.1) is 0 Å². The lowest BCUT2D eigenvalue weighted by molar-refractivity contribution is -0.159. The maximum absolute atomic E-state index is 9.10. The molecule has 1 aliphatic rings. The van der Waals surface area contributed by atoms with Gasteiger partial charge >= 0.3 is 11.9 Å². The third-order valence-electron chi connectivity index (χ3n) is 4.42. The molecule has 0 radical (unpaired) electrons. The molecule has 0 unspecified atom stereocenters. The van der Waals surface area contributed by atoms with E-state index in [2.05, 4.69) is 81.6 Å². The van der Waals surface area contributed by atoms with Crippen LogP contribution in [0.1, 0.15) is 46.1 Å². The molecule has 0 amide bonds. The summed E-state index contributed by atoms with van der Waals surface area (Å²) in [6, 6.07) is 9.39. The van der Waals surface area contributed by atoms with E-state index in [0.29, 0.717) is 6.04 Å². The van der Waals surface area contributed by atoms with E-state index in [-0.39, 0.29) is 11.1 Å². The van der Waals surface area contributed by atoms with Gasteiger partial charge in [-0.05, 0) is 58.2 Å². The van der Waals surface area contributed by atoms with E-state index in [1.807, 2.05) is 0 Å².